The fourth-order valence-electron chi connectivity index (χ4n) is 2.09. The minimum Gasteiger partial charge on any atom is -0.342 e. The van der Waals surface area contributed by atoms with Gasteiger partial charge in [-0.2, -0.15) is 0 Å². The van der Waals surface area contributed by atoms with Gasteiger partial charge in [-0.1, -0.05) is 12.6 Å². The van der Waals surface area contributed by atoms with Crippen LogP contribution in [-0.2, 0) is 9.59 Å². The van der Waals surface area contributed by atoms with Gasteiger partial charge in [-0.05, 0) is 11.6 Å². The van der Waals surface area contributed by atoms with Gasteiger partial charge in [-0.15, -0.1) is 0 Å². The third-order valence-corrected chi connectivity index (χ3v) is 3.34. The summed E-state index contributed by atoms with van der Waals surface area (Å²) in [6.45, 7) is 5.54. The quantitative estimate of drug-likeness (QED) is 0.353. The molecule has 7 nitrogen and oxygen atoms in total. The number of hydrogen-bond acceptors (Lipinski definition) is 4. The van der Waals surface area contributed by atoms with E-state index in [1.807, 2.05) is 0 Å². The van der Waals surface area contributed by atoms with Crippen LogP contribution in [0.15, 0.2) is 24.8 Å². The SMILES string of the molecule is C=C(C(=O)N1CCN(C=O)CC1)c1cc[c]c([N+](=O)[O-])c1. The molecule has 1 fully saturated rings. The van der Waals surface area contributed by atoms with Gasteiger partial charge in [0.1, 0.15) is 0 Å². The fraction of sp³-hybridized carbons (Fsp3) is 0.286. The van der Waals surface area contributed by atoms with Crippen LogP contribution in [-0.4, -0.2) is 53.2 Å². The maximum absolute atomic E-state index is 12.3. The number of nitro benzene ring substituents is 1. The molecule has 1 aromatic carbocycles. The number of nitrogens with zero attached hydrogens (tertiary/aromatic N) is 3. The van der Waals surface area contributed by atoms with Crippen molar-refractivity contribution < 1.29 is 14.5 Å². The molecule has 21 heavy (non-hydrogen) atoms. The van der Waals surface area contributed by atoms with E-state index in [9.17, 15) is 19.7 Å². The van der Waals surface area contributed by atoms with Crippen LogP contribution < -0.4 is 0 Å². The van der Waals surface area contributed by atoms with Crippen LogP contribution in [0, 0.1) is 16.2 Å². The molecule has 1 radical (unpaired) electrons. The zero-order chi connectivity index (χ0) is 15.4. The van der Waals surface area contributed by atoms with Gasteiger partial charge in [-0.25, -0.2) is 0 Å². The summed E-state index contributed by atoms with van der Waals surface area (Å²) in [5.74, 6) is -0.277. The summed E-state index contributed by atoms with van der Waals surface area (Å²) in [5, 5.41) is 10.7. The molecule has 1 aromatic rings. The van der Waals surface area contributed by atoms with Crippen LogP contribution in [0.1, 0.15) is 5.56 Å². The Labute approximate surface area is 121 Å². The van der Waals surface area contributed by atoms with Gasteiger partial charge in [0.15, 0.2) is 0 Å². The minimum atomic E-state index is -0.565. The van der Waals surface area contributed by atoms with Gasteiger partial charge in [0.25, 0.3) is 11.6 Å². The lowest BCUT2D eigenvalue weighted by Gasteiger charge is -2.33. The van der Waals surface area contributed by atoms with Gasteiger partial charge in [-0.3, -0.25) is 19.7 Å². The molecule has 1 aliphatic rings. The number of carbonyl (C=O) groups is 2. The number of rotatable bonds is 4. The summed E-state index contributed by atoms with van der Waals surface area (Å²) in [6.07, 6.45) is 0.757. The molecular weight excluding hydrogens is 274 g/mol. The highest BCUT2D eigenvalue weighted by Gasteiger charge is 2.23. The molecule has 0 unspecified atom stereocenters. The van der Waals surface area contributed by atoms with Crippen molar-refractivity contribution in [2.24, 2.45) is 0 Å². The van der Waals surface area contributed by atoms with Gasteiger partial charge in [0.2, 0.25) is 6.41 Å². The average Bonchev–Trinajstić information content (AvgIpc) is 2.53. The molecule has 1 saturated heterocycles. The number of amides is 2. The normalized spacial score (nSPS) is 14.7. The van der Waals surface area contributed by atoms with Crippen molar-refractivity contribution in [1.82, 2.24) is 9.80 Å². The van der Waals surface area contributed by atoms with Crippen molar-refractivity contribution in [2.75, 3.05) is 26.2 Å². The van der Waals surface area contributed by atoms with E-state index >= 15 is 0 Å². The molecule has 1 aliphatic heterocycles. The maximum Gasteiger partial charge on any atom is 0.278 e. The lowest BCUT2D eigenvalue weighted by atomic mass is 10.1. The second-order valence-corrected chi connectivity index (χ2v) is 4.63. The van der Waals surface area contributed by atoms with Crippen LogP contribution in [0.4, 0.5) is 5.69 Å². The third-order valence-electron chi connectivity index (χ3n) is 3.34. The Balaban J connectivity index is 2.09. The summed E-state index contributed by atoms with van der Waals surface area (Å²) in [6, 6.07) is 6.73. The van der Waals surface area contributed by atoms with Crippen LogP contribution in [0.5, 0.6) is 0 Å². The Morgan fingerprint density at radius 2 is 2.05 bits per heavy atom. The minimum absolute atomic E-state index is 0.201. The van der Waals surface area contributed by atoms with Crippen LogP contribution in [0.2, 0.25) is 0 Å². The topological polar surface area (TPSA) is 83.8 Å². The van der Waals surface area contributed by atoms with Crippen LogP contribution in [0.25, 0.3) is 5.57 Å². The van der Waals surface area contributed by atoms with Crippen molar-refractivity contribution in [3.8, 4) is 0 Å². The summed E-state index contributed by atoms with van der Waals surface area (Å²) >= 11 is 0. The largest absolute Gasteiger partial charge is 0.342 e. The number of hydrogen-bond donors (Lipinski definition) is 0. The Morgan fingerprint density at radius 1 is 1.38 bits per heavy atom. The predicted octanol–water partition coefficient (Wildman–Crippen LogP) is 0.709. The van der Waals surface area contributed by atoms with Crippen molar-refractivity contribution in [3.63, 3.8) is 0 Å². The van der Waals surface area contributed by atoms with E-state index < -0.39 is 4.92 Å². The molecule has 0 N–H and O–H groups in total. The highest BCUT2D eigenvalue weighted by molar-refractivity contribution is 6.18. The van der Waals surface area contributed by atoms with Gasteiger partial charge < -0.3 is 9.80 Å². The van der Waals surface area contributed by atoms with E-state index in [0.717, 1.165) is 6.41 Å². The smallest absolute Gasteiger partial charge is 0.278 e. The van der Waals surface area contributed by atoms with Crippen molar-refractivity contribution >= 4 is 23.6 Å². The molecule has 1 heterocycles. The zero-order valence-corrected chi connectivity index (χ0v) is 11.3. The Hall–Kier alpha value is -2.70. The summed E-state index contributed by atoms with van der Waals surface area (Å²) in [7, 11) is 0. The number of nitro groups is 1. The van der Waals surface area contributed by atoms with Crippen molar-refractivity contribution in [3.05, 3.63) is 46.5 Å². The number of piperazine rings is 1. The molecule has 0 aliphatic carbocycles. The first-order valence-corrected chi connectivity index (χ1v) is 6.37. The molecule has 2 rings (SSSR count). The predicted molar refractivity (Wildman–Crippen MR) is 75.2 cm³/mol. The molecule has 0 spiro atoms. The first-order chi connectivity index (χ1) is 10.0. The van der Waals surface area contributed by atoms with Crippen molar-refractivity contribution in [1.29, 1.82) is 0 Å². The van der Waals surface area contributed by atoms with E-state index in [1.165, 1.54) is 12.1 Å². The fourth-order valence-corrected chi connectivity index (χ4v) is 2.09. The maximum atomic E-state index is 12.3. The Bertz CT molecular complexity index is 592. The first-order valence-electron chi connectivity index (χ1n) is 6.37. The lowest BCUT2D eigenvalue weighted by molar-refractivity contribution is -0.385. The highest BCUT2D eigenvalue weighted by atomic mass is 16.6. The molecule has 0 bridgehead atoms. The average molecular weight is 288 g/mol. The summed E-state index contributed by atoms with van der Waals surface area (Å²) < 4.78 is 0. The van der Waals surface area contributed by atoms with Crippen LogP contribution in [0.3, 0.4) is 0 Å². The lowest BCUT2D eigenvalue weighted by Crippen LogP contribution is -2.48. The van der Waals surface area contributed by atoms with Crippen LogP contribution >= 0.6 is 0 Å². The summed E-state index contributed by atoms with van der Waals surface area (Å²) in [4.78, 5) is 36.3. The standard InChI is InChI=1S/C14H14N3O4/c1-11(12-3-2-4-13(9-12)17(20)21)14(19)16-7-5-15(10-18)6-8-16/h2-3,9-10H,1,5-8H2. The van der Waals surface area contributed by atoms with E-state index in [1.54, 1.807) is 15.9 Å². The first kappa shape index (κ1) is 14.7. The van der Waals surface area contributed by atoms with Gasteiger partial charge in [0, 0.05) is 37.8 Å². The van der Waals surface area contributed by atoms with E-state index in [2.05, 4.69) is 12.6 Å². The Morgan fingerprint density at radius 3 is 2.62 bits per heavy atom. The number of carbonyl (C=O) groups excluding carboxylic acids is 2. The highest BCUT2D eigenvalue weighted by Crippen LogP contribution is 2.20. The summed E-state index contributed by atoms with van der Waals surface area (Å²) in [5.41, 5.74) is 0.405. The molecule has 109 valence electrons. The molecule has 0 saturated carbocycles. The molecule has 0 atom stereocenters. The van der Waals surface area contributed by atoms with Gasteiger partial charge in [0.05, 0.1) is 11.0 Å². The molecule has 2 amide bonds. The molecule has 0 aromatic heterocycles. The number of benzene rings is 1. The van der Waals surface area contributed by atoms with E-state index in [-0.39, 0.29) is 17.2 Å². The zero-order valence-electron chi connectivity index (χ0n) is 11.3. The monoisotopic (exact) mass is 288 g/mol. The molecular formula is C14H14N3O4. The second-order valence-electron chi connectivity index (χ2n) is 4.63. The van der Waals surface area contributed by atoms with Crippen molar-refractivity contribution in [2.45, 2.75) is 0 Å². The Kier molecular flexibility index (Phi) is 4.32. The second kappa shape index (κ2) is 6.17. The third kappa shape index (κ3) is 3.25. The van der Waals surface area contributed by atoms with Gasteiger partial charge >= 0.3 is 0 Å². The van der Waals surface area contributed by atoms with E-state index in [4.69, 9.17) is 0 Å². The van der Waals surface area contributed by atoms with E-state index in [0.29, 0.717) is 31.7 Å². The molecule has 7 heteroatoms. The number of non-ortho nitro benzene ring substituents is 1.